The Morgan fingerprint density at radius 1 is 1.45 bits per heavy atom. The van der Waals surface area contributed by atoms with Gasteiger partial charge in [0.1, 0.15) is 5.69 Å². The van der Waals surface area contributed by atoms with Crippen molar-refractivity contribution in [2.24, 2.45) is 11.1 Å². The topological polar surface area (TPSA) is 80.5 Å². The number of hydrogen-bond donors (Lipinski definition) is 2. The molecule has 0 saturated carbocycles. The summed E-state index contributed by atoms with van der Waals surface area (Å²) in [5, 5.41) is 2.82. The Kier molecular flexibility index (Phi) is 4.94. The number of pyridine rings is 1. The van der Waals surface area contributed by atoms with Crippen LogP contribution in [0.1, 0.15) is 20.8 Å². The normalized spacial score (nSPS) is 12.8. The van der Waals surface area contributed by atoms with Crippen LogP contribution in [0.2, 0.25) is 0 Å². The third kappa shape index (κ3) is 3.60. The Morgan fingerprint density at radius 2 is 2.05 bits per heavy atom. The SMILES string of the molecule is COc1nccc(N(C)C)c1NC(=O)C(N)C(C)(C)C. The fourth-order valence-corrected chi connectivity index (χ4v) is 1.67. The minimum absolute atomic E-state index is 0.257. The van der Waals surface area contributed by atoms with Crippen LogP contribution in [0.25, 0.3) is 0 Å². The van der Waals surface area contributed by atoms with Crippen LogP contribution in [0.3, 0.4) is 0 Å². The van der Waals surface area contributed by atoms with Gasteiger partial charge in [-0.15, -0.1) is 0 Å². The molecular formula is C14H24N4O2. The third-order valence-electron chi connectivity index (χ3n) is 3.03. The van der Waals surface area contributed by atoms with Crippen LogP contribution in [0.15, 0.2) is 12.3 Å². The number of nitrogens with one attached hydrogen (secondary N) is 1. The fraction of sp³-hybridized carbons (Fsp3) is 0.571. The van der Waals surface area contributed by atoms with Gasteiger partial charge in [-0.25, -0.2) is 4.98 Å². The lowest BCUT2D eigenvalue weighted by Crippen LogP contribution is -2.45. The zero-order valence-electron chi connectivity index (χ0n) is 13.0. The summed E-state index contributed by atoms with van der Waals surface area (Å²) in [4.78, 5) is 18.3. The minimum Gasteiger partial charge on any atom is -0.479 e. The molecule has 1 aromatic rings. The van der Waals surface area contributed by atoms with Gasteiger partial charge in [0.05, 0.1) is 18.8 Å². The zero-order chi connectivity index (χ0) is 15.5. The molecule has 0 radical (unpaired) electrons. The highest BCUT2D eigenvalue weighted by atomic mass is 16.5. The van der Waals surface area contributed by atoms with E-state index < -0.39 is 6.04 Å². The number of amides is 1. The maximum absolute atomic E-state index is 12.3. The summed E-state index contributed by atoms with van der Waals surface area (Å²) in [6, 6.07) is 1.18. The standard InChI is InChI=1S/C14H24N4O2/c1-14(2,3)11(15)12(19)17-10-9(18(4)5)7-8-16-13(10)20-6/h7-8,11H,15H2,1-6H3,(H,17,19). The van der Waals surface area contributed by atoms with Crippen molar-refractivity contribution in [2.75, 3.05) is 31.4 Å². The van der Waals surface area contributed by atoms with Crippen LogP contribution in [-0.4, -0.2) is 38.1 Å². The molecule has 20 heavy (non-hydrogen) atoms. The Labute approximate surface area is 120 Å². The van der Waals surface area contributed by atoms with Gasteiger partial charge in [0.2, 0.25) is 11.8 Å². The summed E-state index contributed by atoms with van der Waals surface area (Å²) in [5.41, 5.74) is 6.99. The lowest BCUT2D eigenvalue weighted by Gasteiger charge is -2.27. The van der Waals surface area contributed by atoms with E-state index >= 15 is 0 Å². The van der Waals surface area contributed by atoms with Gasteiger partial charge in [-0.05, 0) is 11.5 Å². The summed E-state index contributed by atoms with van der Waals surface area (Å²) in [5.74, 6) is 0.109. The van der Waals surface area contributed by atoms with Crippen molar-refractivity contribution in [1.29, 1.82) is 0 Å². The number of aromatic nitrogens is 1. The van der Waals surface area contributed by atoms with Crippen LogP contribution in [0, 0.1) is 5.41 Å². The van der Waals surface area contributed by atoms with Gasteiger partial charge in [-0.1, -0.05) is 20.8 Å². The molecule has 1 atom stereocenters. The van der Waals surface area contributed by atoms with E-state index in [1.54, 1.807) is 12.3 Å². The van der Waals surface area contributed by atoms with E-state index in [-0.39, 0.29) is 11.3 Å². The number of nitrogens with two attached hydrogens (primary N) is 1. The smallest absolute Gasteiger partial charge is 0.242 e. The molecule has 0 saturated heterocycles. The molecular weight excluding hydrogens is 256 g/mol. The largest absolute Gasteiger partial charge is 0.479 e. The number of hydrogen-bond acceptors (Lipinski definition) is 5. The van der Waals surface area contributed by atoms with Crippen LogP contribution < -0.4 is 20.7 Å². The number of carbonyl (C=O) groups is 1. The van der Waals surface area contributed by atoms with Crippen molar-refractivity contribution >= 4 is 17.3 Å². The first kappa shape index (κ1) is 16.2. The number of ether oxygens (including phenoxy) is 1. The second kappa shape index (κ2) is 6.09. The average molecular weight is 280 g/mol. The highest BCUT2D eigenvalue weighted by Crippen LogP contribution is 2.32. The van der Waals surface area contributed by atoms with Gasteiger partial charge in [0.15, 0.2) is 0 Å². The third-order valence-corrected chi connectivity index (χ3v) is 3.03. The highest BCUT2D eigenvalue weighted by molar-refractivity contribution is 5.99. The molecule has 6 heteroatoms. The molecule has 1 amide bonds. The van der Waals surface area contributed by atoms with Gasteiger partial charge in [0.25, 0.3) is 0 Å². The second-order valence-electron chi connectivity index (χ2n) is 5.94. The minimum atomic E-state index is -0.623. The Balaban J connectivity index is 3.11. The van der Waals surface area contributed by atoms with Crippen LogP contribution in [0.5, 0.6) is 5.88 Å². The molecule has 0 aromatic carbocycles. The number of carbonyl (C=O) groups excluding carboxylic acids is 1. The fourth-order valence-electron chi connectivity index (χ4n) is 1.67. The number of anilines is 2. The maximum Gasteiger partial charge on any atom is 0.242 e. The molecule has 6 nitrogen and oxygen atoms in total. The number of methoxy groups -OCH3 is 1. The van der Waals surface area contributed by atoms with Crippen LogP contribution in [-0.2, 0) is 4.79 Å². The van der Waals surface area contributed by atoms with E-state index in [1.165, 1.54) is 7.11 Å². The Bertz CT molecular complexity index is 481. The first-order valence-electron chi connectivity index (χ1n) is 6.45. The average Bonchev–Trinajstić information content (AvgIpc) is 2.36. The van der Waals surface area contributed by atoms with Crippen LogP contribution in [0.4, 0.5) is 11.4 Å². The van der Waals surface area contributed by atoms with Crippen LogP contribution >= 0.6 is 0 Å². The van der Waals surface area contributed by atoms with E-state index in [4.69, 9.17) is 10.5 Å². The summed E-state index contributed by atoms with van der Waals surface area (Å²) in [6.07, 6.45) is 1.63. The van der Waals surface area contributed by atoms with Gasteiger partial charge in [0, 0.05) is 20.3 Å². The highest BCUT2D eigenvalue weighted by Gasteiger charge is 2.29. The first-order valence-corrected chi connectivity index (χ1v) is 6.45. The van der Waals surface area contributed by atoms with Crippen molar-refractivity contribution in [3.8, 4) is 5.88 Å². The van der Waals surface area contributed by atoms with E-state index in [2.05, 4.69) is 10.3 Å². The van der Waals surface area contributed by atoms with Gasteiger partial charge < -0.3 is 20.7 Å². The summed E-state index contributed by atoms with van der Waals surface area (Å²) in [6.45, 7) is 5.76. The molecule has 3 N–H and O–H groups in total. The molecule has 0 spiro atoms. The Hall–Kier alpha value is -1.82. The van der Waals surface area contributed by atoms with Gasteiger partial charge in [-0.2, -0.15) is 0 Å². The predicted molar refractivity (Wildman–Crippen MR) is 81.2 cm³/mol. The molecule has 1 heterocycles. The molecule has 1 aromatic heterocycles. The molecule has 112 valence electrons. The van der Waals surface area contributed by atoms with E-state index in [0.717, 1.165) is 5.69 Å². The second-order valence-corrected chi connectivity index (χ2v) is 5.94. The van der Waals surface area contributed by atoms with E-state index in [0.29, 0.717) is 11.6 Å². The zero-order valence-corrected chi connectivity index (χ0v) is 13.0. The number of rotatable bonds is 4. The Morgan fingerprint density at radius 3 is 2.50 bits per heavy atom. The lowest BCUT2D eigenvalue weighted by atomic mass is 9.87. The first-order chi connectivity index (χ1) is 9.18. The summed E-state index contributed by atoms with van der Waals surface area (Å²) in [7, 11) is 5.28. The summed E-state index contributed by atoms with van der Waals surface area (Å²) >= 11 is 0. The van der Waals surface area contributed by atoms with Gasteiger partial charge >= 0.3 is 0 Å². The maximum atomic E-state index is 12.3. The summed E-state index contributed by atoms with van der Waals surface area (Å²) < 4.78 is 5.21. The van der Waals surface area contributed by atoms with Gasteiger partial charge in [-0.3, -0.25) is 4.79 Å². The monoisotopic (exact) mass is 280 g/mol. The van der Waals surface area contributed by atoms with E-state index in [1.807, 2.05) is 39.8 Å². The van der Waals surface area contributed by atoms with Crippen molar-refractivity contribution < 1.29 is 9.53 Å². The van der Waals surface area contributed by atoms with Crippen molar-refractivity contribution in [1.82, 2.24) is 4.98 Å². The quantitative estimate of drug-likeness (QED) is 0.873. The molecule has 0 aliphatic heterocycles. The van der Waals surface area contributed by atoms with Crippen molar-refractivity contribution in [2.45, 2.75) is 26.8 Å². The molecule has 0 fully saturated rings. The molecule has 1 unspecified atom stereocenters. The predicted octanol–water partition coefficient (Wildman–Crippen LogP) is 1.47. The lowest BCUT2D eigenvalue weighted by molar-refractivity contribution is -0.119. The number of nitrogens with zero attached hydrogens (tertiary/aromatic N) is 2. The molecule has 0 bridgehead atoms. The van der Waals surface area contributed by atoms with Crippen molar-refractivity contribution in [3.05, 3.63) is 12.3 Å². The van der Waals surface area contributed by atoms with Crippen molar-refractivity contribution in [3.63, 3.8) is 0 Å². The molecule has 1 rings (SSSR count). The van der Waals surface area contributed by atoms with E-state index in [9.17, 15) is 4.79 Å². The molecule has 0 aliphatic rings. The molecule has 0 aliphatic carbocycles.